The number of aromatic nitrogens is 2. The van der Waals surface area contributed by atoms with Crippen LogP contribution in [-0.2, 0) is 6.61 Å². The first-order valence-electron chi connectivity index (χ1n) is 4.71. The normalized spacial score (nSPS) is 10.5. The van der Waals surface area contributed by atoms with Crippen LogP contribution >= 0.6 is 11.6 Å². The molecular formula is C10H8ClN3O3. The molecule has 17 heavy (non-hydrogen) atoms. The summed E-state index contributed by atoms with van der Waals surface area (Å²) in [4.78, 5) is 10.1. The Labute approximate surface area is 101 Å². The molecule has 0 saturated carbocycles. The van der Waals surface area contributed by atoms with E-state index in [1.807, 2.05) is 0 Å². The largest absolute Gasteiger partial charge is 0.390 e. The first-order chi connectivity index (χ1) is 8.11. The molecule has 2 aromatic rings. The number of hydrogen-bond donors (Lipinski definition) is 1. The molecule has 0 atom stereocenters. The molecule has 0 aliphatic heterocycles. The van der Waals surface area contributed by atoms with Crippen molar-refractivity contribution in [3.63, 3.8) is 0 Å². The van der Waals surface area contributed by atoms with E-state index in [2.05, 4.69) is 5.10 Å². The summed E-state index contributed by atoms with van der Waals surface area (Å²) < 4.78 is 1.39. The second-order valence-corrected chi connectivity index (χ2v) is 3.71. The molecule has 1 heterocycles. The van der Waals surface area contributed by atoms with Crippen molar-refractivity contribution in [3.05, 3.63) is 51.3 Å². The van der Waals surface area contributed by atoms with Crippen LogP contribution in [0.1, 0.15) is 5.69 Å². The Kier molecular flexibility index (Phi) is 3.08. The molecule has 0 radical (unpaired) electrons. The van der Waals surface area contributed by atoms with Crippen molar-refractivity contribution in [2.75, 3.05) is 0 Å². The van der Waals surface area contributed by atoms with Gasteiger partial charge in [-0.05, 0) is 12.1 Å². The summed E-state index contributed by atoms with van der Waals surface area (Å²) in [5.41, 5.74) is 0.804. The number of nitrogens with zero attached hydrogens (tertiary/aromatic N) is 3. The van der Waals surface area contributed by atoms with E-state index in [0.717, 1.165) is 0 Å². The van der Waals surface area contributed by atoms with Gasteiger partial charge in [0.15, 0.2) is 0 Å². The third-order valence-electron chi connectivity index (χ3n) is 2.19. The smallest absolute Gasteiger partial charge is 0.271 e. The van der Waals surface area contributed by atoms with E-state index in [1.54, 1.807) is 12.3 Å². The Morgan fingerprint density at radius 3 is 2.82 bits per heavy atom. The molecule has 0 saturated heterocycles. The zero-order chi connectivity index (χ0) is 12.4. The molecule has 88 valence electrons. The molecule has 1 aromatic carbocycles. The Morgan fingerprint density at radius 2 is 2.24 bits per heavy atom. The zero-order valence-corrected chi connectivity index (χ0v) is 9.33. The summed E-state index contributed by atoms with van der Waals surface area (Å²) in [5, 5.41) is 23.9. The minimum absolute atomic E-state index is 0.0644. The maximum Gasteiger partial charge on any atom is 0.271 e. The SMILES string of the molecule is O=[N+]([O-])c1ccc(Cl)c(-n2ccc(CO)n2)c1. The number of aliphatic hydroxyl groups is 1. The highest BCUT2D eigenvalue weighted by atomic mass is 35.5. The predicted molar refractivity (Wildman–Crippen MR) is 61.2 cm³/mol. The first-order valence-corrected chi connectivity index (χ1v) is 5.09. The van der Waals surface area contributed by atoms with Crippen molar-refractivity contribution in [3.8, 4) is 5.69 Å². The summed E-state index contributed by atoms with van der Waals surface area (Å²) >= 11 is 5.94. The minimum atomic E-state index is -0.504. The zero-order valence-electron chi connectivity index (χ0n) is 8.58. The van der Waals surface area contributed by atoms with E-state index in [9.17, 15) is 10.1 Å². The van der Waals surface area contributed by atoms with Crippen LogP contribution in [0.15, 0.2) is 30.5 Å². The molecule has 0 aliphatic rings. The number of benzene rings is 1. The highest BCUT2D eigenvalue weighted by Crippen LogP contribution is 2.25. The van der Waals surface area contributed by atoms with Crippen LogP contribution in [0.2, 0.25) is 5.02 Å². The van der Waals surface area contributed by atoms with Crippen molar-refractivity contribution in [1.29, 1.82) is 0 Å². The van der Waals surface area contributed by atoms with Crippen LogP contribution in [0.5, 0.6) is 0 Å². The van der Waals surface area contributed by atoms with Gasteiger partial charge in [0.25, 0.3) is 5.69 Å². The molecule has 0 fully saturated rings. The molecule has 0 spiro atoms. The Bertz CT molecular complexity index is 568. The molecule has 1 N–H and O–H groups in total. The second kappa shape index (κ2) is 4.52. The van der Waals surface area contributed by atoms with Gasteiger partial charge in [0, 0.05) is 18.3 Å². The second-order valence-electron chi connectivity index (χ2n) is 3.30. The van der Waals surface area contributed by atoms with E-state index in [4.69, 9.17) is 16.7 Å². The molecule has 2 rings (SSSR count). The van der Waals surface area contributed by atoms with Gasteiger partial charge in [0.1, 0.15) is 0 Å². The van der Waals surface area contributed by atoms with Crippen LogP contribution in [0.25, 0.3) is 5.69 Å². The number of nitro groups is 1. The fourth-order valence-corrected chi connectivity index (χ4v) is 1.57. The van der Waals surface area contributed by atoms with Gasteiger partial charge >= 0.3 is 0 Å². The fourth-order valence-electron chi connectivity index (χ4n) is 1.37. The number of halogens is 1. The van der Waals surface area contributed by atoms with Gasteiger partial charge in [-0.25, -0.2) is 4.68 Å². The number of nitro benzene ring substituents is 1. The van der Waals surface area contributed by atoms with Gasteiger partial charge < -0.3 is 5.11 Å². The van der Waals surface area contributed by atoms with Crippen molar-refractivity contribution in [1.82, 2.24) is 9.78 Å². The molecule has 0 unspecified atom stereocenters. The first kappa shape index (κ1) is 11.6. The number of rotatable bonds is 3. The lowest BCUT2D eigenvalue weighted by molar-refractivity contribution is -0.384. The fraction of sp³-hybridized carbons (Fsp3) is 0.100. The molecule has 6 nitrogen and oxygen atoms in total. The average molecular weight is 254 g/mol. The van der Waals surface area contributed by atoms with E-state index in [0.29, 0.717) is 16.4 Å². The van der Waals surface area contributed by atoms with E-state index < -0.39 is 4.92 Å². The highest BCUT2D eigenvalue weighted by molar-refractivity contribution is 6.32. The monoisotopic (exact) mass is 253 g/mol. The summed E-state index contributed by atoms with van der Waals surface area (Å²) in [7, 11) is 0. The van der Waals surface area contributed by atoms with Crippen molar-refractivity contribution < 1.29 is 10.0 Å². The van der Waals surface area contributed by atoms with E-state index in [1.165, 1.54) is 22.9 Å². The minimum Gasteiger partial charge on any atom is -0.390 e. The maximum atomic E-state index is 10.6. The van der Waals surface area contributed by atoms with Crippen LogP contribution < -0.4 is 0 Å². The van der Waals surface area contributed by atoms with Crippen molar-refractivity contribution >= 4 is 17.3 Å². The van der Waals surface area contributed by atoms with Gasteiger partial charge in [-0.2, -0.15) is 5.10 Å². The Hall–Kier alpha value is -1.92. The van der Waals surface area contributed by atoms with Gasteiger partial charge in [0.2, 0.25) is 0 Å². The third kappa shape index (κ3) is 2.27. The molecule has 7 heteroatoms. The van der Waals surface area contributed by atoms with Gasteiger partial charge in [0.05, 0.1) is 27.9 Å². The lowest BCUT2D eigenvalue weighted by Crippen LogP contribution is -1.99. The topological polar surface area (TPSA) is 81.2 Å². The molecule has 0 aliphatic carbocycles. The van der Waals surface area contributed by atoms with Crippen molar-refractivity contribution in [2.24, 2.45) is 0 Å². The number of aliphatic hydroxyl groups excluding tert-OH is 1. The maximum absolute atomic E-state index is 10.6. The van der Waals surface area contributed by atoms with Crippen LogP contribution in [0.3, 0.4) is 0 Å². The molecule has 0 amide bonds. The summed E-state index contributed by atoms with van der Waals surface area (Å²) in [5.74, 6) is 0. The van der Waals surface area contributed by atoms with Crippen molar-refractivity contribution in [2.45, 2.75) is 6.61 Å². The van der Waals surface area contributed by atoms with Gasteiger partial charge in [-0.3, -0.25) is 10.1 Å². The highest BCUT2D eigenvalue weighted by Gasteiger charge is 2.11. The number of hydrogen-bond acceptors (Lipinski definition) is 4. The number of non-ortho nitro benzene ring substituents is 1. The standard InChI is InChI=1S/C10H8ClN3O3/c11-9-2-1-8(14(16)17)5-10(9)13-4-3-7(6-15)12-13/h1-5,15H,6H2. The Morgan fingerprint density at radius 1 is 1.47 bits per heavy atom. The van der Waals surface area contributed by atoms with E-state index in [-0.39, 0.29) is 12.3 Å². The van der Waals surface area contributed by atoms with Crippen LogP contribution in [0, 0.1) is 10.1 Å². The lowest BCUT2D eigenvalue weighted by atomic mass is 10.3. The average Bonchev–Trinajstić information content (AvgIpc) is 2.77. The van der Waals surface area contributed by atoms with Crippen LogP contribution in [-0.4, -0.2) is 19.8 Å². The summed E-state index contributed by atoms with van der Waals surface area (Å²) in [6.07, 6.45) is 1.58. The van der Waals surface area contributed by atoms with Gasteiger partial charge in [-0.1, -0.05) is 11.6 Å². The lowest BCUT2D eigenvalue weighted by Gasteiger charge is -2.03. The van der Waals surface area contributed by atoms with E-state index >= 15 is 0 Å². The molecule has 1 aromatic heterocycles. The summed E-state index contributed by atoms with van der Waals surface area (Å²) in [6.45, 7) is -0.195. The predicted octanol–water partition coefficient (Wildman–Crippen LogP) is 1.93. The molecule has 0 bridgehead atoms. The third-order valence-corrected chi connectivity index (χ3v) is 2.51. The molecular weight excluding hydrogens is 246 g/mol. The van der Waals surface area contributed by atoms with Gasteiger partial charge in [-0.15, -0.1) is 0 Å². The van der Waals surface area contributed by atoms with Crippen LogP contribution in [0.4, 0.5) is 5.69 Å². The Balaban J connectivity index is 2.49. The summed E-state index contributed by atoms with van der Waals surface area (Å²) in [6, 6.07) is 5.70. The quantitative estimate of drug-likeness (QED) is 0.669.